The fourth-order valence-electron chi connectivity index (χ4n) is 1.88. The van der Waals surface area contributed by atoms with Gasteiger partial charge in [0, 0.05) is 15.9 Å². The molecule has 0 spiro atoms. The second-order valence-corrected chi connectivity index (χ2v) is 6.69. The smallest absolute Gasteiger partial charge is 0.252 e. The van der Waals surface area contributed by atoms with Crippen LogP contribution in [0.3, 0.4) is 0 Å². The summed E-state index contributed by atoms with van der Waals surface area (Å²) in [4.78, 5) is 12.6. The number of amides is 1. The second kappa shape index (κ2) is 5.33. The van der Waals surface area contributed by atoms with Gasteiger partial charge in [-0.25, -0.2) is 0 Å². The van der Waals surface area contributed by atoms with Gasteiger partial charge in [-0.05, 0) is 30.7 Å². The third-order valence-electron chi connectivity index (χ3n) is 3.46. The highest BCUT2D eigenvalue weighted by Gasteiger charge is 2.26. The van der Waals surface area contributed by atoms with E-state index in [4.69, 9.17) is 0 Å². The Bertz CT molecular complexity index is 599. The van der Waals surface area contributed by atoms with Crippen LogP contribution < -0.4 is 5.32 Å². The zero-order chi connectivity index (χ0) is 14.0. The van der Waals surface area contributed by atoms with Gasteiger partial charge in [0.15, 0.2) is 0 Å². The summed E-state index contributed by atoms with van der Waals surface area (Å²) in [6.07, 6.45) is 0. The molecule has 1 unspecified atom stereocenters. The van der Waals surface area contributed by atoms with Crippen molar-refractivity contribution in [2.75, 3.05) is 0 Å². The fourth-order valence-corrected chi connectivity index (χ4v) is 2.00. The summed E-state index contributed by atoms with van der Waals surface area (Å²) in [6.45, 7) is 6.05. The van der Waals surface area contributed by atoms with Gasteiger partial charge in [0.25, 0.3) is 5.91 Å². The van der Waals surface area contributed by atoms with Crippen LogP contribution in [0, 0.1) is 0 Å². The second-order valence-electron chi connectivity index (χ2n) is 5.32. The van der Waals surface area contributed by atoms with Crippen molar-refractivity contribution in [1.82, 2.24) is 5.32 Å². The highest BCUT2D eigenvalue weighted by molar-refractivity contribution is 9.09. The first-order chi connectivity index (χ1) is 8.92. The molecule has 0 heterocycles. The van der Waals surface area contributed by atoms with E-state index in [0.717, 1.165) is 16.3 Å². The first kappa shape index (κ1) is 14.1. The number of fused-ring (bicyclic) bond motifs is 1. The van der Waals surface area contributed by atoms with Gasteiger partial charge < -0.3 is 5.32 Å². The molecule has 0 aliphatic carbocycles. The van der Waals surface area contributed by atoms with Gasteiger partial charge in [0.05, 0.1) is 0 Å². The van der Waals surface area contributed by atoms with Crippen LogP contribution in [0.4, 0.5) is 0 Å². The summed E-state index contributed by atoms with van der Waals surface area (Å²) in [7, 11) is 0. The van der Waals surface area contributed by atoms with Crippen molar-refractivity contribution >= 4 is 32.6 Å². The minimum absolute atomic E-state index is 0.0342. The first-order valence-corrected chi connectivity index (χ1v) is 7.28. The maximum Gasteiger partial charge on any atom is 0.252 e. The highest BCUT2D eigenvalue weighted by Crippen LogP contribution is 2.21. The summed E-state index contributed by atoms with van der Waals surface area (Å²) in [5.41, 5.74) is 0.424. The Morgan fingerprint density at radius 1 is 1.16 bits per heavy atom. The molecule has 100 valence electrons. The highest BCUT2D eigenvalue weighted by atomic mass is 79.9. The van der Waals surface area contributed by atoms with Crippen molar-refractivity contribution < 1.29 is 4.79 Å². The van der Waals surface area contributed by atoms with Crippen LogP contribution in [-0.4, -0.2) is 16.3 Å². The van der Waals surface area contributed by atoms with Gasteiger partial charge >= 0.3 is 0 Å². The molecule has 1 atom stereocenters. The van der Waals surface area contributed by atoms with Crippen LogP contribution in [-0.2, 0) is 0 Å². The Balaban J connectivity index is 2.37. The summed E-state index contributed by atoms with van der Waals surface area (Å²) in [5, 5.41) is 5.15. The largest absolute Gasteiger partial charge is 0.346 e. The lowest BCUT2D eigenvalue weighted by molar-refractivity contribution is 0.0915. The fraction of sp³-hybridized carbons (Fsp3) is 0.312. The Kier molecular flexibility index (Phi) is 3.95. The summed E-state index contributed by atoms with van der Waals surface area (Å²) < 4.78 is 0. The number of halogens is 1. The lowest BCUT2D eigenvalue weighted by Crippen LogP contribution is -2.48. The molecule has 0 saturated carbocycles. The quantitative estimate of drug-likeness (QED) is 0.847. The average molecular weight is 320 g/mol. The molecule has 0 saturated heterocycles. The Hall–Kier alpha value is -1.35. The third-order valence-corrected chi connectivity index (χ3v) is 4.61. The topological polar surface area (TPSA) is 29.1 Å². The lowest BCUT2D eigenvalue weighted by Gasteiger charge is -2.29. The monoisotopic (exact) mass is 319 g/mol. The molecule has 2 rings (SSSR count). The van der Waals surface area contributed by atoms with Crippen molar-refractivity contribution in [2.24, 2.45) is 0 Å². The van der Waals surface area contributed by atoms with Crippen LogP contribution in [0.1, 0.15) is 31.1 Å². The van der Waals surface area contributed by atoms with Crippen LogP contribution in [0.15, 0.2) is 42.5 Å². The van der Waals surface area contributed by atoms with E-state index in [2.05, 4.69) is 21.2 Å². The number of rotatable bonds is 3. The van der Waals surface area contributed by atoms with Crippen LogP contribution in [0.2, 0.25) is 0 Å². The molecule has 0 bridgehead atoms. The third kappa shape index (κ3) is 2.98. The molecule has 0 radical (unpaired) electrons. The molecule has 2 nitrogen and oxygen atoms in total. The van der Waals surface area contributed by atoms with Gasteiger partial charge in [-0.2, -0.15) is 0 Å². The van der Waals surface area contributed by atoms with E-state index in [1.54, 1.807) is 0 Å². The predicted octanol–water partition coefficient (Wildman–Crippen LogP) is 4.13. The number of alkyl halides is 1. The average Bonchev–Trinajstić information content (AvgIpc) is 2.37. The molecule has 2 aromatic rings. The molecular formula is C16H18BrNO. The number of carbonyl (C=O) groups is 1. The molecule has 0 fully saturated rings. The van der Waals surface area contributed by atoms with Crippen LogP contribution >= 0.6 is 15.9 Å². The molecule has 1 N–H and O–H groups in total. The maximum atomic E-state index is 12.4. The molecule has 0 aliphatic heterocycles. The van der Waals surface area contributed by atoms with Crippen molar-refractivity contribution in [2.45, 2.75) is 31.1 Å². The maximum absolute atomic E-state index is 12.4. The van der Waals surface area contributed by atoms with Gasteiger partial charge in [0.1, 0.15) is 0 Å². The van der Waals surface area contributed by atoms with E-state index in [1.165, 1.54) is 0 Å². The van der Waals surface area contributed by atoms with E-state index in [0.29, 0.717) is 0 Å². The number of hydrogen-bond acceptors (Lipinski definition) is 1. The summed E-state index contributed by atoms with van der Waals surface area (Å²) >= 11 is 3.53. The summed E-state index contributed by atoms with van der Waals surface area (Å²) in [6, 6.07) is 13.7. The summed E-state index contributed by atoms with van der Waals surface area (Å²) in [5.74, 6) is -0.0342. The molecular weight excluding hydrogens is 302 g/mol. The predicted molar refractivity (Wildman–Crippen MR) is 83.9 cm³/mol. The van der Waals surface area contributed by atoms with Gasteiger partial charge in [-0.1, -0.05) is 59.3 Å². The Morgan fingerprint density at radius 2 is 1.79 bits per heavy atom. The molecule has 1 amide bonds. The number of hydrogen-bond donors (Lipinski definition) is 1. The van der Waals surface area contributed by atoms with E-state index < -0.39 is 0 Å². The standard InChI is InChI=1S/C16H18BrNO/c1-11(17)16(2,3)18-15(19)14-10-6-8-12-7-4-5-9-13(12)14/h4-11H,1-3H3,(H,18,19). The van der Waals surface area contributed by atoms with Crippen molar-refractivity contribution in [3.8, 4) is 0 Å². The SMILES string of the molecule is CC(Br)C(C)(C)NC(=O)c1cccc2ccccc12. The molecule has 2 aromatic carbocycles. The Morgan fingerprint density at radius 3 is 2.47 bits per heavy atom. The molecule has 19 heavy (non-hydrogen) atoms. The van der Waals surface area contributed by atoms with Gasteiger partial charge in [-0.15, -0.1) is 0 Å². The Labute approximate surface area is 122 Å². The normalized spacial score (nSPS) is 13.3. The molecule has 0 aliphatic rings. The number of carbonyl (C=O) groups excluding carboxylic acids is 1. The molecule has 3 heteroatoms. The minimum Gasteiger partial charge on any atom is -0.346 e. The zero-order valence-corrected chi connectivity index (χ0v) is 13.0. The van der Waals surface area contributed by atoms with Gasteiger partial charge in [-0.3, -0.25) is 4.79 Å². The zero-order valence-electron chi connectivity index (χ0n) is 11.4. The number of nitrogens with one attached hydrogen (secondary N) is 1. The van der Waals surface area contributed by atoms with Crippen molar-refractivity contribution in [3.05, 3.63) is 48.0 Å². The van der Waals surface area contributed by atoms with Gasteiger partial charge in [0.2, 0.25) is 0 Å². The van der Waals surface area contributed by atoms with Crippen molar-refractivity contribution in [1.29, 1.82) is 0 Å². The first-order valence-electron chi connectivity index (χ1n) is 6.36. The molecule has 0 aromatic heterocycles. The van der Waals surface area contributed by atoms with Crippen LogP contribution in [0.5, 0.6) is 0 Å². The van der Waals surface area contributed by atoms with E-state index in [9.17, 15) is 4.79 Å². The van der Waals surface area contributed by atoms with E-state index >= 15 is 0 Å². The van der Waals surface area contributed by atoms with E-state index in [-0.39, 0.29) is 16.3 Å². The van der Waals surface area contributed by atoms with E-state index in [1.807, 2.05) is 63.2 Å². The minimum atomic E-state index is -0.298. The van der Waals surface area contributed by atoms with Crippen molar-refractivity contribution in [3.63, 3.8) is 0 Å². The number of benzene rings is 2. The lowest BCUT2D eigenvalue weighted by atomic mass is 9.99. The van der Waals surface area contributed by atoms with Crippen LogP contribution in [0.25, 0.3) is 10.8 Å².